The van der Waals surface area contributed by atoms with E-state index in [0.29, 0.717) is 0 Å². The normalized spacial score (nSPS) is 10.1. The molecule has 0 unspecified atom stereocenters. The molecule has 0 atom stereocenters. The number of ether oxygens (including phenoxy) is 1. The number of carbonyl (C=O) groups is 2. The van der Waals surface area contributed by atoms with Gasteiger partial charge in [0.05, 0.1) is 0 Å². The number of rotatable bonds is 1. The molecule has 0 aromatic heterocycles. The van der Waals surface area contributed by atoms with Gasteiger partial charge in [0.15, 0.2) is 0 Å². The Labute approximate surface area is 77.1 Å². The highest BCUT2D eigenvalue weighted by Gasteiger charge is 2.15. The molecule has 0 aliphatic heterocycles. The lowest BCUT2D eigenvalue weighted by Gasteiger charge is -2.19. The summed E-state index contributed by atoms with van der Waals surface area (Å²) in [7, 11) is 0. The summed E-state index contributed by atoms with van der Waals surface area (Å²) in [6.45, 7) is 8.38. The van der Waals surface area contributed by atoms with Crippen molar-refractivity contribution in [2.75, 3.05) is 0 Å². The van der Waals surface area contributed by atoms with E-state index in [4.69, 9.17) is 4.74 Å². The quantitative estimate of drug-likeness (QED) is 0.468. The van der Waals surface area contributed by atoms with Crippen LogP contribution in [0.3, 0.4) is 0 Å². The van der Waals surface area contributed by atoms with Gasteiger partial charge in [-0.3, -0.25) is 10.2 Å². The van der Waals surface area contributed by atoms with Crippen LogP contribution in [0.4, 0.5) is 4.79 Å². The molecule has 0 aliphatic rings. The molecule has 2 amide bonds. The molecular formula is C8H14N2O3. The molecule has 0 fully saturated rings. The summed E-state index contributed by atoms with van der Waals surface area (Å²) in [6.07, 6.45) is 0.333. The van der Waals surface area contributed by atoms with Crippen molar-refractivity contribution in [1.29, 1.82) is 0 Å². The molecule has 5 nitrogen and oxygen atoms in total. The second-order valence-electron chi connectivity index (χ2n) is 3.32. The van der Waals surface area contributed by atoms with E-state index in [9.17, 15) is 9.59 Å². The van der Waals surface area contributed by atoms with Crippen molar-refractivity contribution in [3.63, 3.8) is 0 Å². The second-order valence-corrected chi connectivity index (χ2v) is 3.32. The Morgan fingerprint density at radius 2 is 1.85 bits per heavy atom. The van der Waals surface area contributed by atoms with E-state index in [1.54, 1.807) is 20.8 Å². The van der Waals surface area contributed by atoms with Crippen LogP contribution in [-0.2, 0) is 9.53 Å². The van der Waals surface area contributed by atoms with Crippen LogP contribution in [0, 0.1) is 0 Å². The van der Waals surface area contributed by atoms with Gasteiger partial charge in [-0.05, 0) is 26.8 Å². The lowest BCUT2D eigenvalue weighted by atomic mass is 10.2. The Balaban J connectivity index is 3.77. The molecule has 5 heteroatoms. The lowest BCUT2D eigenvalue weighted by Crippen LogP contribution is -2.43. The molecule has 0 aliphatic carbocycles. The Hall–Kier alpha value is -1.52. The summed E-state index contributed by atoms with van der Waals surface area (Å²) in [4.78, 5) is 21.5. The number of hydrazine groups is 1. The molecule has 0 saturated carbocycles. The first-order valence-corrected chi connectivity index (χ1v) is 3.76. The Kier molecular flexibility index (Phi) is 3.97. The maximum Gasteiger partial charge on any atom is 0.426 e. The average Bonchev–Trinajstić information content (AvgIpc) is 1.97. The zero-order valence-corrected chi connectivity index (χ0v) is 8.01. The Bertz CT molecular complexity index is 218. The van der Waals surface area contributed by atoms with Gasteiger partial charge in [-0.15, -0.1) is 0 Å². The largest absolute Gasteiger partial charge is 0.443 e. The van der Waals surface area contributed by atoms with Gasteiger partial charge in [-0.1, -0.05) is 6.58 Å². The highest BCUT2D eigenvalue weighted by atomic mass is 16.6. The zero-order chi connectivity index (χ0) is 10.5. The van der Waals surface area contributed by atoms with E-state index < -0.39 is 17.6 Å². The van der Waals surface area contributed by atoms with E-state index in [2.05, 4.69) is 17.4 Å². The molecular weight excluding hydrogens is 172 g/mol. The van der Waals surface area contributed by atoms with Crippen LogP contribution in [0.25, 0.3) is 0 Å². The average molecular weight is 186 g/mol. The van der Waals surface area contributed by atoms with E-state index in [1.807, 2.05) is 0 Å². The molecule has 2 N–H and O–H groups in total. The summed E-state index contributed by atoms with van der Waals surface area (Å²) >= 11 is 0. The van der Waals surface area contributed by atoms with Crippen LogP contribution in [-0.4, -0.2) is 17.6 Å². The Morgan fingerprint density at radius 1 is 1.31 bits per heavy atom. The van der Waals surface area contributed by atoms with Gasteiger partial charge >= 0.3 is 6.09 Å². The number of carbonyl (C=O) groups excluding carboxylic acids is 2. The van der Waals surface area contributed by atoms with Crippen LogP contribution < -0.4 is 10.9 Å². The van der Waals surface area contributed by atoms with Crippen molar-refractivity contribution >= 4 is 12.0 Å². The van der Waals surface area contributed by atoms with Gasteiger partial charge < -0.3 is 4.74 Å². The van der Waals surface area contributed by atoms with Crippen LogP contribution in [0.5, 0.6) is 0 Å². The number of hydrogen-bond acceptors (Lipinski definition) is 3. The number of hydrogen-bond donors (Lipinski definition) is 2. The molecule has 13 heavy (non-hydrogen) atoms. The number of nitrogens with one attached hydrogen (secondary N) is 2. The Morgan fingerprint density at radius 3 is 2.23 bits per heavy atom. The highest BCUT2D eigenvalue weighted by Crippen LogP contribution is 2.05. The predicted molar refractivity (Wildman–Crippen MR) is 47.7 cm³/mol. The molecule has 0 heterocycles. The van der Waals surface area contributed by atoms with Gasteiger partial charge in [0.25, 0.3) is 5.91 Å². The van der Waals surface area contributed by atoms with Crippen molar-refractivity contribution in [2.24, 2.45) is 0 Å². The molecule has 0 saturated heterocycles. The smallest absolute Gasteiger partial charge is 0.426 e. The lowest BCUT2D eigenvalue weighted by molar-refractivity contribution is -0.117. The summed E-state index contributed by atoms with van der Waals surface area (Å²) in [5, 5.41) is 0. The topological polar surface area (TPSA) is 67.4 Å². The third-order valence-electron chi connectivity index (χ3n) is 0.872. The fourth-order valence-electron chi connectivity index (χ4n) is 0.467. The van der Waals surface area contributed by atoms with Gasteiger partial charge in [0.2, 0.25) is 0 Å². The van der Waals surface area contributed by atoms with Crippen LogP contribution in [0.15, 0.2) is 12.7 Å². The molecule has 0 bridgehead atoms. The zero-order valence-electron chi connectivity index (χ0n) is 8.01. The van der Waals surface area contributed by atoms with E-state index in [-0.39, 0.29) is 0 Å². The SMILES string of the molecule is C=CC(=O)NNC(=O)OC(C)(C)C. The van der Waals surface area contributed by atoms with Gasteiger partial charge in [-0.25, -0.2) is 10.2 Å². The van der Waals surface area contributed by atoms with Crippen LogP contribution in [0.1, 0.15) is 20.8 Å². The third kappa shape index (κ3) is 6.86. The van der Waals surface area contributed by atoms with E-state index in [1.165, 1.54) is 0 Å². The van der Waals surface area contributed by atoms with Crippen molar-refractivity contribution in [2.45, 2.75) is 26.4 Å². The molecule has 0 spiro atoms. The first kappa shape index (κ1) is 11.5. The van der Waals surface area contributed by atoms with E-state index in [0.717, 1.165) is 6.08 Å². The summed E-state index contributed by atoms with van der Waals surface area (Å²) in [5.41, 5.74) is 3.55. The van der Waals surface area contributed by atoms with Crippen molar-refractivity contribution in [1.82, 2.24) is 10.9 Å². The maximum atomic E-state index is 10.9. The predicted octanol–water partition coefficient (Wildman–Crippen LogP) is 0.728. The first-order chi connectivity index (χ1) is 5.85. The van der Waals surface area contributed by atoms with Crippen LogP contribution >= 0.6 is 0 Å². The van der Waals surface area contributed by atoms with E-state index >= 15 is 0 Å². The fourth-order valence-corrected chi connectivity index (χ4v) is 0.467. The van der Waals surface area contributed by atoms with Crippen molar-refractivity contribution in [3.05, 3.63) is 12.7 Å². The molecule has 0 rings (SSSR count). The summed E-state index contributed by atoms with van der Waals surface area (Å²) < 4.78 is 4.83. The standard InChI is InChI=1S/C8H14N2O3/c1-5-6(11)9-10-7(12)13-8(2,3)4/h5H,1H2,2-4H3,(H,9,11)(H,10,12). The van der Waals surface area contributed by atoms with Crippen LogP contribution in [0.2, 0.25) is 0 Å². The summed E-state index contributed by atoms with van der Waals surface area (Å²) in [6, 6.07) is 0. The monoisotopic (exact) mass is 186 g/mol. The number of amides is 2. The minimum absolute atomic E-state index is 0.495. The molecule has 0 radical (unpaired) electrons. The van der Waals surface area contributed by atoms with Crippen molar-refractivity contribution < 1.29 is 14.3 Å². The molecule has 0 aromatic rings. The summed E-state index contributed by atoms with van der Waals surface area (Å²) in [5.74, 6) is -0.495. The van der Waals surface area contributed by atoms with Gasteiger partial charge in [0, 0.05) is 0 Å². The van der Waals surface area contributed by atoms with Gasteiger partial charge in [-0.2, -0.15) is 0 Å². The minimum atomic E-state index is -0.706. The third-order valence-corrected chi connectivity index (χ3v) is 0.872. The van der Waals surface area contributed by atoms with Crippen molar-refractivity contribution in [3.8, 4) is 0 Å². The van der Waals surface area contributed by atoms with Gasteiger partial charge in [0.1, 0.15) is 5.60 Å². The highest BCUT2D eigenvalue weighted by molar-refractivity contribution is 5.88. The molecule has 0 aromatic carbocycles. The molecule has 74 valence electrons. The maximum absolute atomic E-state index is 10.9. The fraction of sp³-hybridized carbons (Fsp3) is 0.500. The first-order valence-electron chi connectivity index (χ1n) is 3.76. The minimum Gasteiger partial charge on any atom is -0.443 e. The second kappa shape index (κ2) is 4.49.